The highest BCUT2D eigenvalue weighted by Crippen LogP contribution is 2.35. The number of benzene rings is 2. The smallest absolute Gasteiger partial charge is 0.265 e. The highest BCUT2D eigenvalue weighted by molar-refractivity contribution is 9.11. The predicted molar refractivity (Wildman–Crippen MR) is 89.0 cm³/mol. The van der Waals surface area contributed by atoms with E-state index in [0.29, 0.717) is 12.2 Å². The van der Waals surface area contributed by atoms with E-state index < -0.39 is 0 Å². The van der Waals surface area contributed by atoms with Gasteiger partial charge in [0.25, 0.3) is 5.91 Å². The zero-order chi connectivity index (χ0) is 15.4. The first-order valence-electron chi connectivity index (χ1n) is 6.19. The zero-order valence-electron chi connectivity index (χ0n) is 11.3. The molecule has 0 aliphatic heterocycles. The van der Waals surface area contributed by atoms with Crippen LogP contribution in [0.25, 0.3) is 0 Å². The van der Waals surface area contributed by atoms with E-state index in [1.165, 1.54) is 0 Å². The Hall–Kier alpha value is -1.37. The van der Waals surface area contributed by atoms with Crippen LogP contribution in [-0.4, -0.2) is 5.91 Å². The van der Waals surface area contributed by atoms with Crippen molar-refractivity contribution in [3.05, 3.63) is 62.0 Å². The summed E-state index contributed by atoms with van der Waals surface area (Å²) < 4.78 is 7.61. The molecule has 0 saturated carbocycles. The van der Waals surface area contributed by atoms with E-state index in [9.17, 15) is 4.79 Å². The first-order chi connectivity index (χ1) is 10.0. The van der Waals surface area contributed by atoms with Crippen LogP contribution in [0.3, 0.4) is 0 Å². The Kier molecular flexibility index (Phi) is 5.39. The van der Waals surface area contributed by atoms with Crippen molar-refractivity contribution in [3.63, 3.8) is 0 Å². The Balaban J connectivity index is 2.08. The van der Waals surface area contributed by atoms with Gasteiger partial charge in [0, 0.05) is 5.56 Å². The Morgan fingerprint density at radius 1 is 1.19 bits per heavy atom. The van der Waals surface area contributed by atoms with Crippen LogP contribution in [0.1, 0.15) is 21.5 Å². The molecule has 0 aliphatic carbocycles. The highest BCUT2D eigenvalue weighted by Gasteiger charge is 2.08. The van der Waals surface area contributed by atoms with E-state index in [-0.39, 0.29) is 5.91 Å². The molecule has 0 fully saturated rings. The van der Waals surface area contributed by atoms with Gasteiger partial charge in [-0.15, -0.1) is 0 Å². The molecule has 0 aromatic heterocycles. The van der Waals surface area contributed by atoms with Gasteiger partial charge in [0.1, 0.15) is 12.4 Å². The van der Waals surface area contributed by atoms with Gasteiger partial charge in [0.2, 0.25) is 0 Å². The van der Waals surface area contributed by atoms with Crippen LogP contribution < -0.4 is 16.0 Å². The average molecular weight is 414 g/mol. The third-order valence-corrected chi connectivity index (χ3v) is 4.05. The molecule has 0 unspecified atom stereocenters. The summed E-state index contributed by atoms with van der Waals surface area (Å²) in [6, 6.07) is 11.1. The lowest BCUT2D eigenvalue weighted by Crippen LogP contribution is -2.29. The van der Waals surface area contributed by atoms with E-state index in [1.54, 1.807) is 12.1 Å². The largest absolute Gasteiger partial charge is 0.487 e. The maximum Gasteiger partial charge on any atom is 0.265 e. The minimum Gasteiger partial charge on any atom is -0.487 e. The number of halogens is 2. The molecule has 0 heterocycles. The Morgan fingerprint density at radius 2 is 1.76 bits per heavy atom. The maximum absolute atomic E-state index is 11.3. The number of aryl methyl sites for hydroxylation is 1. The molecule has 0 aliphatic rings. The van der Waals surface area contributed by atoms with Gasteiger partial charge in [-0.25, -0.2) is 5.84 Å². The number of hydrogen-bond acceptors (Lipinski definition) is 3. The van der Waals surface area contributed by atoms with Crippen LogP contribution in [0.4, 0.5) is 0 Å². The molecule has 0 saturated heterocycles. The van der Waals surface area contributed by atoms with Gasteiger partial charge in [-0.2, -0.15) is 0 Å². The van der Waals surface area contributed by atoms with E-state index in [1.807, 2.05) is 31.2 Å². The summed E-state index contributed by atoms with van der Waals surface area (Å²) in [6.07, 6.45) is 0. The molecule has 1 amide bonds. The van der Waals surface area contributed by atoms with Gasteiger partial charge in [-0.1, -0.05) is 12.1 Å². The summed E-state index contributed by atoms with van der Waals surface area (Å²) in [6.45, 7) is 2.42. The number of carbonyl (C=O) groups is 1. The molecule has 110 valence electrons. The highest BCUT2D eigenvalue weighted by atomic mass is 79.9. The van der Waals surface area contributed by atoms with Crippen LogP contribution in [0.5, 0.6) is 5.75 Å². The SMILES string of the molecule is Cc1cc(Br)c(OCc2ccc(C(=O)NN)cc2)c(Br)c1. The fourth-order valence-corrected chi connectivity index (χ4v) is 3.46. The number of rotatable bonds is 4. The second-order valence-electron chi connectivity index (χ2n) is 4.52. The average Bonchev–Trinajstić information content (AvgIpc) is 2.46. The molecule has 4 nitrogen and oxygen atoms in total. The quantitative estimate of drug-likeness (QED) is 0.456. The van der Waals surface area contributed by atoms with Gasteiger partial charge in [-0.3, -0.25) is 10.2 Å². The van der Waals surface area contributed by atoms with Crippen molar-refractivity contribution in [2.75, 3.05) is 0 Å². The number of nitrogens with two attached hydrogens (primary N) is 1. The van der Waals surface area contributed by atoms with E-state index in [4.69, 9.17) is 10.6 Å². The number of nitrogen functional groups attached to an aromatic ring is 1. The lowest BCUT2D eigenvalue weighted by atomic mass is 10.1. The van der Waals surface area contributed by atoms with Crippen molar-refractivity contribution >= 4 is 37.8 Å². The molecule has 0 atom stereocenters. The Bertz CT molecular complexity index is 634. The van der Waals surface area contributed by atoms with E-state index >= 15 is 0 Å². The molecule has 2 aromatic carbocycles. The van der Waals surface area contributed by atoms with Crippen molar-refractivity contribution in [2.24, 2.45) is 5.84 Å². The van der Waals surface area contributed by atoms with E-state index in [0.717, 1.165) is 25.8 Å². The fourth-order valence-electron chi connectivity index (χ4n) is 1.82. The van der Waals surface area contributed by atoms with Crippen molar-refractivity contribution in [1.82, 2.24) is 5.43 Å². The second kappa shape index (κ2) is 7.06. The number of carbonyl (C=O) groups excluding carboxylic acids is 1. The molecule has 2 rings (SSSR count). The lowest BCUT2D eigenvalue weighted by Gasteiger charge is -2.11. The van der Waals surface area contributed by atoms with E-state index in [2.05, 4.69) is 37.3 Å². The molecular weight excluding hydrogens is 400 g/mol. The third kappa shape index (κ3) is 4.06. The minimum atomic E-state index is -0.313. The molecular formula is C15H14Br2N2O2. The van der Waals surface area contributed by atoms with Crippen molar-refractivity contribution in [2.45, 2.75) is 13.5 Å². The summed E-state index contributed by atoms with van der Waals surface area (Å²) in [4.78, 5) is 11.3. The monoisotopic (exact) mass is 412 g/mol. The third-order valence-electron chi connectivity index (χ3n) is 2.87. The van der Waals surface area contributed by atoms with Crippen LogP contribution in [-0.2, 0) is 6.61 Å². The normalized spacial score (nSPS) is 10.3. The molecule has 0 radical (unpaired) electrons. The molecule has 2 aromatic rings. The summed E-state index contributed by atoms with van der Waals surface area (Å²) in [7, 11) is 0. The first-order valence-corrected chi connectivity index (χ1v) is 7.78. The number of nitrogens with one attached hydrogen (secondary N) is 1. The number of hydrazine groups is 1. The van der Waals surface area contributed by atoms with Gasteiger partial charge in [0.05, 0.1) is 8.95 Å². The van der Waals surface area contributed by atoms with Crippen molar-refractivity contribution in [1.29, 1.82) is 0 Å². The minimum absolute atomic E-state index is 0.313. The maximum atomic E-state index is 11.3. The molecule has 21 heavy (non-hydrogen) atoms. The topological polar surface area (TPSA) is 64.3 Å². The Labute approximate surface area is 139 Å². The standard InChI is InChI=1S/C15H14Br2N2O2/c1-9-6-12(16)14(13(17)7-9)21-8-10-2-4-11(5-3-10)15(20)19-18/h2-7H,8,18H2,1H3,(H,19,20). The number of hydrogen-bond donors (Lipinski definition) is 2. The number of ether oxygens (including phenoxy) is 1. The predicted octanol–water partition coefficient (Wildman–Crippen LogP) is 3.70. The molecule has 0 bridgehead atoms. The molecule has 0 spiro atoms. The summed E-state index contributed by atoms with van der Waals surface area (Å²) in [5, 5.41) is 0. The Morgan fingerprint density at radius 3 is 2.29 bits per heavy atom. The fraction of sp³-hybridized carbons (Fsp3) is 0.133. The summed E-state index contributed by atoms with van der Waals surface area (Å²) >= 11 is 6.98. The first kappa shape index (κ1) is 16.0. The van der Waals surface area contributed by atoms with Crippen LogP contribution in [0, 0.1) is 6.92 Å². The second-order valence-corrected chi connectivity index (χ2v) is 6.23. The van der Waals surface area contributed by atoms with Crippen LogP contribution in [0.15, 0.2) is 45.3 Å². The van der Waals surface area contributed by atoms with Gasteiger partial charge >= 0.3 is 0 Å². The van der Waals surface area contributed by atoms with Crippen molar-refractivity contribution < 1.29 is 9.53 Å². The van der Waals surface area contributed by atoms with Crippen LogP contribution in [0.2, 0.25) is 0 Å². The zero-order valence-corrected chi connectivity index (χ0v) is 14.5. The lowest BCUT2D eigenvalue weighted by molar-refractivity contribution is 0.0953. The van der Waals surface area contributed by atoms with Crippen molar-refractivity contribution in [3.8, 4) is 5.75 Å². The van der Waals surface area contributed by atoms with Crippen LogP contribution >= 0.6 is 31.9 Å². The molecule has 3 N–H and O–H groups in total. The summed E-state index contributed by atoms with van der Waals surface area (Å²) in [5.74, 6) is 5.53. The van der Waals surface area contributed by atoms with Gasteiger partial charge < -0.3 is 4.74 Å². The summed E-state index contributed by atoms with van der Waals surface area (Å²) in [5.41, 5.74) is 4.71. The number of amides is 1. The van der Waals surface area contributed by atoms with Gasteiger partial charge in [0.15, 0.2) is 0 Å². The van der Waals surface area contributed by atoms with Gasteiger partial charge in [-0.05, 0) is 74.2 Å². The molecule has 6 heteroatoms.